The summed E-state index contributed by atoms with van der Waals surface area (Å²) in [4.78, 5) is 35.5. The number of hydrogen-bond donors (Lipinski definition) is 1. The number of nitrogens with one attached hydrogen (secondary N) is 1. The zero-order chi connectivity index (χ0) is 18.4. The van der Waals surface area contributed by atoms with E-state index in [4.69, 9.17) is 14.2 Å². The Morgan fingerprint density at radius 1 is 1.36 bits per heavy atom. The lowest BCUT2D eigenvalue weighted by Crippen LogP contribution is -2.46. The molecule has 1 N–H and O–H groups in total. The topological polar surface area (TPSA) is 90.9 Å². The van der Waals surface area contributed by atoms with Crippen LogP contribution in [0.4, 0.5) is 0 Å². The van der Waals surface area contributed by atoms with Crippen molar-refractivity contribution < 1.29 is 28.6 Å². The Hall–Kier alpha value is -1.47. The second-order valence-electron chi connectivity index (χ2n) is 6.97. The first-order valence-corrected chi connectivity index (χ1v) is 9.06. The van der Waals surface area contributed by atoms with E-state index in [1.807, 2.05) is 13.8 Å². The summed E-state index contributed by atoms with van der Waals surface area (Å²) in [7, 11) is 1.32. The minimum atomic E-state index is -0.718. The van der Waals surface area contributed by atoms with E-state index in [-0.39, 0.29) is 30.1 Å². The van der Waals surface area contributed by atoms with E-state index in [1.165, 1.54) is 7.11 Å². The van der Waals surface area contributed by atoms with Gasteiger partial charge in [-0.15, -0.1) is 0 Å². The van der Waals surface area contributed by atoms with E-state index < -0.39 is 17.8 Å². The third kappa shape index (κ3) is 4.39. The molecule has 0 unspecified atom stereocenters. The Labute approximate surface area is 148 Å². The summed E-state index contributed by atoms with van der Waals surface area (Å²) in [5, 5.41) is 2.80. The summed E-state index contributed by atoms with van der Waals surface area (Å²) in [6.07, 6.45) is 3.63. The number of hydrogen-bond acceptors (Lipinski definition) is 6. The molecular weight excluding hydrogens is 326 g/mol. The van der Waals surface area contributed by atoms with E-state index in [2.05, 4.69) is 5.32 Å². The minimum Gasteiger partial charge on any atom is -0.467 e. The number of amides is 1. The maximum absolute atomic E-state index is 12.5. The molecule has 25 heavy (non-hydrogen) atoms. The summed E-state index contributed by atoms with van der Waals surface area (Å²) in [5.74, 6) is -1.50. The van der Waals surface area contributed by atoms with Crippen LogP contribution in [0.2, 0.25) is 0 Å². The third-order valence-corrected chi connectivity index (χ3v) is 5.56. The van der Waals surface area contributed by atoms with Crippen molar-refractivity contribution in [3.8, 4) is 0 Å². The average Bonchev–Trinajstić information content (AvgIpc) is 3.21. The molecule has 0 bridgehead atoms. The van der Waals surface area contributed by atoms with E-state index in [1.54, 1.807) is 0 Å². The first-order valence-electron chi connectivity index (χ1n) is 9.06. The van der Waals surface area contributed by atoms with Crippen LogP contribution in [0.1, 0.15) is 46.0 Å². The zero-order valence-electron chi connectivity index (χ0n) is 15.3. The van der Waals surface area contributed by atoms with Crippen molar-refractivity contribution in [2.45, 2.75) is 57.8 Å². The van der Waals surface area contributed by atoms with Crippen molar-refractivity contribution in [1.29, 1.82) is 0 Å². The van der Waals surface area contributed by atoms with Gasteiger partial charge in [0.25, 0.3) is 0 Å². The van der Waals surface area contributed by atoms with E-state index >= 15 is 0 Å². The van der Waals surface area contributed by atoms with Gasteiger partial charge in [-0.05, 0) is 18.3 Å². The molecule has 0 aromatic rings. The van der Waals surface area contributed by atoms with Gasteiger partial charge in [0.1, 0.15) is 12.3 Å². The monoisotopic (exact) mass is 355 g/mol. The summed E-state index contributed by atoms with van der Waals surface area (Å²) in [6, 6.07) is -0.652. The Morgan fingerprint density at radius 3 is 2.60 bits per heavy atom. The molecule has 1 aliphatic carbocycles. The summed E-state index contributed by atoms with van der Waals surface area (Å²) < 4.78 is 16.4. The smallest absolute Gasteiger partial charge is 0.328 e. The number of ether oxygens (including phenoxy) is 3. The van der Waals surface area contributed by atoms with Crippen LogP contribution in [0.3, 0.4) is 0 Å². The van der Waals surface area contributed by atoms with Crippen molar-refractivity contribution in [1.82, 2.24) is 5.32 Å². The van der Waals surface area contributed by atoms with Crippen LogP contribution in [0.25, 0.3) is 0 Å². The second kappa shape index (κ2) is 8.76. The van der Waals surface area contributed by atoms with E-state index in [0.29, 0.717) is 26.1 Å². The van der Waals surface area contributed by atoms with Crippen molar-refractivity contribution >= 4 is 18.2 Å². The zero-order valence-corrected chi connectivity index (χ0v) is 15.3. The number of carbonyl (C=O) groups is 3. The minimum absolute atomic E-state index is 0.00136. The maximum atomic E-state index is 12.5. The molecule has 2 rings (SSSR count). The number of esters is 1. The molecule has 0 radical (unpaired) electrons. The average molecular weight is 355 g/mol. The predicted octanol–water partition coefficient (Wildman–Crippen LogP) is 1.44. The van der Waals surface area contributed by atoms with Crippen LogP contribution >= 0.6 is 0 Å². The lowest BCUT2D eigenvalue weighted by atomic mass is 9.87. The van der Waals surface area contributed by atoms with Crippen LogP contribution in [0.5, 0.6) is 0 Å². The first-order chi connectivity index (χ1) is 12.0. The van der Waals surface area contributed by atoms with Gasteiger partial charge in [-0.3, -0.25) is 4.79 Å². The highest BCUT2D eigenvalue weighted by atomic mass is 16.7. The molecule has 7 heteroatoms. The Kier molecular flexibility index (Phi) is 6.95. The van der Waals surface area contributed by atoms with Crippen LogP contribution in [0.15, 0.2) is 0 Å². The molecule has 0 aromatic carbocycles. The SMILES string of the molecule is CC[C@H](C)[C@H](NC(=O)C[C@H]1CCC2(OCCO2)[C@@H]1CC=O)C(=O)OC. The fourth-order valence-electron chi connectivity index (χ4n) is 3.95. The predicted molar refractivity (Wildman–Crippen MR) is 89.5 cm³/mol. The van der Waals surface area contributed by atoms with Gasteiger partial charge in [0.15, 0.2) is 5.79 Å². The molecule has 1 aliphatic heterocycles. The molecular formula is C18H29NO6. The van der Waals surface area contributed by atoms with Gasteiger partial charge < -0.3 is 24.3 Å². The summed E-state index contributed by atoms with van der Waals surface area (Å²) in [5.41, 5.74) is 0. The Balaban J connectivity index is 2.00. The van der Waals surface area contributed by atoms with Crippen molar-refractivity contribution in [2.75, 3.05) is 20.3 Å². The van der Waals surface area contributed by atoms with Crippen LogP contribution in [-0.4, -0.2) is 50.3 Å². The van der Waals surface area contributed by atoms with Crippen LogP contribution < -0.4 is 5.32 Å². The van der Waals surface area contributed by atoms with Crippen LogP contribution in [-0.2, 0) is 28.6 Å². The van der Waals surface area contributed by atoms with Crippen molar-refractivity contribution in [3.05, 3.63) is 0 Å². The van der Waals surface area contributed by atoms with Crippen LogP contribution in [0, 0.1) is 17.8 Å². The normalized spacial score (nSPS) is 27.0. The Bertz CT molecular complexity index is 488. The molecule has 0 aromatic heterocycles. The van der Waals surface area contributed by atoms with Crippen molar-refractivity contribution in [2.24, 2.45) is 17.8 Å². The fourth-order valence-corrected chi connectivity index (χ4v) is 3.95. The van der Waals surface area contributed by atoms with Gasteiger partial charge in [0.2, 0.25) is 5.91 Å². The van der Waals surface area contributed by atoms with Gasteiger partial charge >= 0.3 is 5.97 Å². The lowest BCUT2D eigenvalue weighted by molar-refractivity contribution is -0.187. The van der Waals surface area contributed by atoms with Gasteiger partial charge in [0.05, 0.1) is 20.3 Å². The summed E-state index contributed by atoms with van der Waals surface area (Å²) >= 11 is 0. The molecule has 1 saturated heterocycles. The molecule has 1 amide bonds. The number of methoxy groups -OCH3 is 1. The molecule has 142 valence electrons. The highest BCUT2D eigenvalue weighted by Gasteiger charge is 2.52. The lowest BCUT2D eigenvalue weighted by Gasteiger charge is -2.31. The first kappa shape index (κ1) is 19.8. The number of aldehydes is 1. The van der Waals surface area contributed by atoms with Gasteiger partial charge in [-0.1, -0.05) is 20.3 Å². The third-order valence-electron chi connectivity index (χ3n) is 5.56. The molecule has 2 aliphatic rings. The molecule has 1 spiro atoms. The van der Waals surface area contributed by atoms with Gasteiger partial charge in [-0.25, -0.2) is 4.79 Å². The highest BCUT2D eigenvalue weighted by molar-refractivity contribution is 5.84. The number of carbonyl (C=O) groups excluding carboxylic acids is 3. The molecule has 1 heterocycles. The van der Waals surface area contributed by atoms with Gasteiger partial charge in [-0.2, -0.15) is 0 Å². The van der Waals surface area contributed by atoms with Crippen molar-refractivity contribution in [3.63, 3.8) is 0 Å². The largest absolute Gasteiger partial charge is 0.467 e. The fraction of sp³-hybridized carbons (Fsp3) is 0.833. The number of rotatable bonds is 8. The summed E-state index contributed by atoms with van der Waals surface area (Å²) in [6.45, 7) is 4.91. The highest BCUT2D eigenvalue weighted by Crippen LogP contribution is 2.48. The van der Waals surface area contributed by atoms with E-state index in [9.17, 15) is 14.4 Å². The van der Waals surface area contributed by atoms with E-state index in [0.717, 1.165) is 19.1 Å². The Morgan fingerprint density at radius 2 is 2.04 bits per heavy atom. The standard InChI is InChI=1S/C18H29NO6/c1-4-12(2)16(17(22)23-3)19-15(21)11-13-5-7-18(14(13)6-8-20)24-9-10-25-18/h8,12-14,16H,4-7,9-11H2,1-3H3,(H,19,21)/t12-,13+,14+,16-/m0/s1. The maximum Gasteiger partial charge on any atom is 0.328 e. The van der Waals surface area contributed by atoms with Gasteiger partial charge in [0, 0.05) is 25.2 Å². The molecule has 7 nitrogen and oxygen atoms in total. The molecule has 2 fully saturated rings. The quantitative estimate of drug-likeness (QED) is 0.523. The molecule has 1 saturated carbocycles. The second-order valence-corrected chi connectivity index (χ2v) is 6.97. The molecule has 4 atom stereocenters.